The van der Waals surface area contributed by atoms with E-state index in [0.717, 1.165) is 37.2 Å². The average molecular weight is 493 g/mol. The van der Waals surface area contributed by atoms with Crippen LogP contribution < -0.4 is 16.1 Å². The summed E-state index contributed by atoms with van der Waals surface area (Å²) in [6.07, 6.45) is 3.56. The highest BCUT2D eigenvalue weighted by atomic mass is 16.5. The Balaban J connectivity index is 1.54. The Morgan fingerprint density at radius 1 is 0.917 bits per heavy atom. The molecule has 0 aromatic heterocycles. The summed E-state index contributed by atoms with van der Waals surface area (Å²) < 4.78 is 0. The van der Waals surface area contributed by atoms with Crippen molar-refractivity contribution in [3.63, 3.8) is 0 Å². The molecule has 2 unspecified atom stereocenters. The van der Waals surface area contributed by atoms with Crippen LogP contribution in [0.1, 0.15) is 54.1 Å². The summed E-state index contributed by atoms with van der Waals surface area (Å²) in [4.78, 5) is 38.5. The molecule has 1 aliphatic rings. The van der Waals surface area contributed by atoms with Crippen molar-refractivity contribution < 1.29 is 24.7 Å². The van der Waals surface area contributed by atoms with Crippen molar-refractivity contribution in [1.82, 2.24) is 15.7 Å². The van der Waals surface area contributed by atoms with Crippen LogP contribution in [0.5, 0.6) is 0 Å². The molecular weight excluding hydrogens is 460 g/mol. The molecule has 0 spiro atoms. The number of likely N-dealkylation sites (tertiary alicyclic amines) is 1. The second-order valence-electron chi connectivity index (χ2n) is 8.81. The number of carbonyl (C=O) groups excluding carboxylic acids is 3. The van der Waals surface area contributed by atoms with Gasteiger partial charge in [-0.15, -0.1) is 0 Å². The Morgan fingerprint density at radius 2 is 1.47 bits per heavy atom. The van der Waals surface area contributed by atoms with Crippen molar-refractivity contribution in [1.29, 1.82) is 0 Å². The molecule has 2 atom stereocenters. The standard InChI is InChI=1S/C27H32N4O5/c1-19(32)25(27(35)30-36)29-26(34)22-12-8-20(9-13-22)6-7-21-10-14-23(15-11-21)28-24(33)18-31-16-4-2-3-5-17-31/h8-15,19,25,32,36H,2-5,16-18H2,1H3,(H,28,33)(H,29,34)(H,30,35). The maximum Gasteiger partial charge on any atom is 0.268 e. The number of aliphatic hydroxyl groups excluding tert-OH is 1. The van der Waals surface area contributed by atoms with E-state index >= 15 is 0 Å². The van der Waals surface area contributed by atoms with Gasteiger partial charge >= 0.3 is 0 Å². The van der Waals surface area contributed by atoms with E-state index < -0.39 is 24.0 Å². The zero-order chi connectivity index (χ0) is 25.9. The van der Waals surface area contributed by atoms with E-state index in [9.17, 15) is 19.5 Å². The van der Waals surface area contributed by atoms with Crippen molar-refractivity contribution in [2.75, 3.05) is 25.0 Å². The van der Waals surface area contributed by atoms with Crippen molar-refractivity contribution >= 4 is 23.4 Å². The van der Waals surface area contributed by atoms with E-state index in [4.69, 9.17) is 5.21 Å². The van der Waals surface area contributed by atoms with E-state index in [2.05, 4.69) is 27.4 Å². The predicted octanol–water partition coefficient (Wildman–Crippen LogP) is 1.89. The predicted molar refractivity (Wildman–Crippen MR) is 135 cm³/mol. The highest BCUT2D eigenvalue weighted by molar-refractivity contribution is 5.97. The van der Waals surface area contributed by atoms with E-state index in [-0.39, 0.29) is 11.5 Å². The average Bonchev–Trinajstić information content (AvgIpc) is 3.15. The topological polar surface area (TPSA) is 131 Å². The molecule has 0 saturated carbocycles. The molecule has 1 aliphatic heterocycles. The normalized spacial score (nSPS) is 15.4. The Labute approximate surface area is 210 Å². The Kier molecular flexibility index (Phi) is 10.0. The fraction of sp³-hybridized carbons (Fsp3) is 0.370. The molecule has 0 aliphatic carbocycles. The third-order valence-electron chi connectivity index (χ3n) is 5.89. The van der Waals surface area contributed by atoms with Gasteiger partial charge in [-0.1, -0.05) is 24.7 Å². The van der Waals surface area contributed by atoms with Crippen LogP contribution in [-0.2, 0) is 9.59 Å². The molecule has 9 heteroatoms. The van der Waals surface area contributed by atoms with Gasteiger partial charge in [-0.2, -0.15) is 0 Å². The number of nitrogens with zero attached hydrogens (tertiary/aromatic N) is 1. The molecular formula is C27H32N4O5. The van der Waals surface area contributed by atoms with E-state index in [1.807, 2.05) is 24.3 Å². The molecule has 190 valence electrons. The van der Waals surface area contributed by atoms with Crippen LogP contribution in [0.2, 0.25) is 0 Å². The molecule has 3 rings (SSSR count). The number of benzene rings is 2. The lowest BCUT2D eigenvalue weighted by atomic mass is 10.1. The van der Waals surface area contributed by atoms with Crippen LogP contribution >= 0.6 is 0 Å². The lowest BCUT2D eigenvalue weighted by molar-refractivity contribution is -0.133. The number of nitrogens with one attached hydrogen (secondary N) is 3. The van der Waals surface area contributed by atoms with Gasteiger partial charge in [0.25, 0.3) is 11.8 Å². The SMILES string of the molecule is CC(O)C(NC(=O)c1ccc(C#Cc2ccc(NC(=O)CN3CCCCCC3)cc2)cc1)C(=O)NO. The Hall–Kier alpha value is -3.71. The maximum absolute atomic E-state index is 12.4. The minimum absolute atomic E-state index is 0.0170. The van der Waals surface area contributed by atoms with Crippen LogP contribution in [0, 0.1) is 11.8 Å². The second-order valence-corrected chi connectivity index (χ2v) is 8.81. The molecule has 3 amide bonds. The summed E-state index contributed by atoms with van der Waals surface area (Å²) in [5, 5.41) is 23.7. The van der Waals surface area contributed by atoms with Crippen LogP contribution in [0.3, 0.4) is 0 Å². The zero-order valence-electron chi connectivity index (χ0n) is 20.3. The van der Waals surface area contributed by atoms with Crippen molar-refractivity contribution in [3.8, 4) is 11.8 Å². The van der Waals surface area contributed by atoms with Crippen molar-refractivity contribution in [3.05, 3.63) is 65.2 Å². The quantitative estimate of drug-likeness (QED) is 0.228. The smallest absolute Gasteiger partial charge is 0.268 e. The first-order chi connectivity index (χ1) is 17.4. The van der Waals surface area contributed by atoms with Gasteiger partial charge in [0, 0.05) is 22.4 Å². The molecule has 9 nitrogen and oxygen atoms in total. The molecule has 0 radical (unpaired) electrons. The molecule has 1 saturated heterocycles. The summed E-state index contributed by atoms with van der Waals surface area (Å²) in [5.74, 6) is 4.57. The fourth-order valence-electron chi connectivity index (χ4n) is 3.88. The highest BCUT2D eigenvalue weighted by Gasteiger charge is 2.25. The number of amides is 3. The second kappa shape index (κ2) is 13.4. The third-order valence-corrected chi connectivity index (χ3v) is 5.89. The van der Waals surface area contributed by atoms with Crippen molar-refractivity contribution in [2.45, 2.75) is 44.8 Å². The number of aliphatic hydroxyl groups is 1. The number of hydroxylamine groups is 1. The summed E-state index contributed by atoms with van der Waals surface area (Å²) in [5.41, 5.74) is 3.88. The van der Waals surface area contributed by atoms with Crippen LogP contribution in [0.15, 0.2) is 48.5 Å². The van der Waals surface area contributed by atoms with E-state index in [0.29, 0.717) is 12.1 Å². The summed E-state index contributed by atoms with van der Waals surface area (Å²) >= 11 is 0. The molecule has 5 N–H and O–H groups in total. The minimum atomic E-state index is -1.29. The summed E-state index contributed by atoms with van der Waals surface area (Å²) in [6.45, 7) is 3.67. The number of rotatable bonds is 7. The first-order valence-electron chi connectivity index (χ1n) is 12.0. The molecule has 1 fully saturated rings. The molecule has 2 aromatic carbocycles. The molecule has 0 bridgehead atoms. The largest absolute Gasteiger partial charge is 0.391 e. The van der Waals surface area contributed by atoms with Gasteiger partial charge in [-0.05, 0) is 81.4 Å². The monoisotopic (exact) mass is 492 g/mol. The number of anilines is 1. The van der Waals surface area contributed by atoms with Gasteiger partial charge in [-0.25, -0.2) is 5.48 Å². The third kappa shape index (κ3) is 8.20. The number of hydrogen-bond acceptors (Lipinski definition) is 6. The number of hydrogen-bond donors (Lipinski definition) is 5. The van der Waals surface area contributed by atoms with Gasteiger partial charge in [-0.3, -0.25) is 24.5 Å². The lowest BCUT2D eigenvalue weighted by Crippen LogP contribution is -2.51. The summed E-state index contributed by atoms with van der Waals surface area (Å²) in [6, 6.07) is 12.5. The van der Waals surface area contributed by atoms with E-state index in [1.54, 1.807) is 24.3 Å². The van der Waals surface area contributed by atoms with Gasteiger partial charge in [0.15, 0.2) is 0 Å². The highest BCUT2D eigenvalue weighted by Crippen LogP contribution is 2.12. The Morgan fingerprint density at radius 3 is 2.00 bits per heavy atom. The van der Waals surface area contributed by atoms with Crippen LogP contribution in [0.4, 0.5) is 5.69 Å². The lowest BCUT2D eigenvalue weighted by Gasteiger charge is -2.19. The van der Waals surface area contributed by atoms with Gasteiger partial charge < -0.3 is 15.7 Å². The molecule has 36 heavy (non-hydrogen) atoms. The Bertz CT molecular complexity index is 1100. The number of carbonyl (C=O) groups is 3. The van der Waals surface area contributed by atoms with Gasteiger partial charge in [0.1, 0.15) is 6.04 Å². The zero-order valence-corrected chi connectivity index (χ0v) is 20.3. The minimum Gasteiger partial charge on any atom is -0.391 e. The van der Waals surface area contributed by atoms with Crippen LogP contribution in [-0.4, -0.2) is 64.7 Å². The van der Waals surface area contributed by atoms with E-state index in [1.165, 1.54) is 25.2 Å². The van der Waals surface area contributed by atoms with Crippen LogP contribution in [0.25, 0.3) is 0 Å². The molecule has 2 aromatic rings. The van der Waals surface area contributed by atoms with Gasteiger partial charge in [0.2, 0.25) is 5.91 Å². The maximum atomic E-state index is 12.4. The first kappa shape index (κ1) is 26.9. The van der Waals surface area contributed by atoms with Gasteiger partial charge in [0.05, 0.1) is 12.6 Å². The fourth-order valence-corrected chi connectivity index (χ4v) is 3.88. The molecule has 1 heterocycles. The first-order valence-corrected chi connectivity index (χ1v) is 12.0. The summed E-state index contributed by atoms with van der Waals surface area (Å²) in [7, 11) is 0. The van der Waals surface area contributed by atoms with Crippen molar-refractivity contribution in [2.24, 2.45) is 0 Å².